The highest BCUT2D eigenvalue weighted by atomic mass is 35.5. The van der Waals surface area contributed by atoms with Crippen LogP contribution in [0.2, 0.25) is 10.0 Å². The number of nitrogens with zero attached hydrogens (tertiary/aromatic N) is 1. The van der Waals surface area contributed by atoms with Gasteiger partial charge in [0.1, 0.15) is 0 Å². The second-order valence-corrected chi connectivity index (χ2v) is 5.25. The normalized spacial score (nSPS) is 21.2. The topological polar surface area (TPSA) is 24.5 Å². The third-order valence-electron chi connectivity index (χ3n) is 2.85. The quantitative estimate of drug-likeness (QED) is 0.866. The highest BCUT2D eigenvalue weighted by molar-refractivity contribution is 6.35. The Morgan fingerprint density at radius 3 is 2.72 bits per heavy atom. The van der Waals surface area contributed by atoms with E-state index >= 15 is 0 Å². The number of nitrogens with one attached hydrogen (secondary N) is 1. The molecule has 1 fully saturated rings. The molecule has 0 unspecified atom stereocenters. The molecule has 0 radical (unpaired) electrons. The molecular formula is C12H15Cl3N2O. The Balaban J connectivity index is 1.91. The largest absolute Gasteiger partial charge is 0.374 e. The molecule has 6 heteroatoms. The van der Waals surface area contributed by atoms with Crippen molar-refractivity contribution in [3.05, 3.63) is 33.8 Å². The van der Waals surface area contributed by atoms with E-state index in [4.69, 9.17) is 39.5 Å². The van der Waals surface area contributed by atoms with E-state index < -0.39 is 0 Å². The van der Waals surface area contributed by atoms with Crippen LogP contribution >= 0.6 is 34.8 Å². The van der Waals surface area contributed by atoms with E-state index in [1.807, 2.05) is 18.2 Å². The van der Waals surface area contributed by atoms with Gasteiger partial charge in [0, 0.05) is 41.1 Å². The summed E-state index contributed by atoms with van der Waals surface area (Å²) >= 11 is 18.0. The molecule has 1 saturated heterocycles. The molecule has 0 bridgehead atoms. The molecule has 100 valence electrons. The first-order valence-electron chi connectivity index (χ1n) is 5.79. The van der Waals surface area contributed by atoms with Gasteiger partial charge >= 0.3 is 0 Å². The van der Waals surface area contributed by atoms with Crippen LogP contribution in [0.25, 0.3) is 0 Å². The average molecular weight is 310 g/mol. The molecule has 2 rings (SSSR count). The van der Waals surface area contributed by atoms with Gasteiger partial charge in [-0.05, 0) is 12.1 Å². The minimum atomic E-state index is 0.0784. The summed E-state index contributed by atoms with van der Waals surface area (Å²) in [7, 11) is 0. The van der Waals surface area contributed by atoms with Gasteiger partial charge in [-0.2, -0.15) is 0 Å². The van der Waals surface area contributed by atoms with Gasteiger partial charge in [-0.15, -0.1) is 11.6 Å². The number of alkyl halides is 1. The van der Waals surface area contributed by atoms with Crippen molar-refractivity contribution in [1.29, 1.82) is 0 Å². The van der Waals surface area contributed by atoms with Crippen LogP contribution in [0.1, 0.15) is 5.56 Å². The van der Waals surface area contributed by atoms with Crippen molar-refractivity contribution in [2.45, 2.75) is 12.6 Å². The van der Waals surface area contributed by atoms with Gasteiger partial charge in [-0.3, -0.25) is 5.43 Å². The lowest BCUT2D eigenvalue weighted by Gasteiger charge is -2.32. The maximum atomic E-state index is 6.11. The second-order valence-electron chi connectivity index (χ2n) is 4.13. The van der Waals surface area contributed by atoms with Crippen molar-refractivity contribution in [3.8, 4) is 0 Å². The third kappa shape index (κ3) is 3.73. The number of halogens is 3. The van der Waals surface area contributed by atoms with Crippen LogP contribution in [0.3, 0.4) is 0 Å². The summed E-state index contributed by atoms with van der Waals surface area (Å²) in [5.74, 6) is 0.505. The Morgan fingerprint density at radius 1 is 1.33 bits per heavy atom. The first kappa shape index (κ1) is 14.4. The summed E-state index contributed by atoms with van der Waals surface area (Å²) in [5, 5.41) is 3.45. The van der Waals surface area contributed by atoms with Gasteiger partial charge in [0.2, 0.25) is 0 Å². The average Bonchev–Trinajstić information content (AvgIpc) is 2.38. The SMILES string of the molecule is ClC[C@H]1CN(NCc2c(Cl)cccc2Cl)CCO1. The maximum absolute atomic E-state index is 6.11. The summed E-state index contributed by atoms with van der Waals surface area (Å²) in [6.45, 7) is 2.88. The Labute approximate surface area is 122 Å². The fraction of sp³-hybridized carbons (Fsp3) is 0.500. The summed E-state index contributed by atoms with van der Waals surface area (Å²) in [6, 6.07) is 5.52. The van der Waals surface area contributed by atoms with Crippen LogP contribution < -0.4 is 5.43 Å². The lowest BCUT2D eigenvalue weighted by molar-refractivity contribution is -0.0374. The maximum Gasteiger partial charge on any atom is 0.0851 e. The predicted octanol–water partition coefficient (Wildman–Crippen LogP) is 2.94. The second kappa shape index (κ2) is 6.94. The molecule has 0 amide bonds. The van der Waals surface area contributed by atoms with Crippen LogP contribution in [0, 0.1) is 0 Å². The van der Waals surface area contributed by atoms with Crippen molar-refractivity contribution in [1.82, 2.24) is 10.4 Å². The molecule has 0 aliphatic carbocycles. The molecule has 18 heavy (non-hydrogen) atoms. The monoisotopic (exact) mass is 308 g/mol. The number of ether oxygens (including phenoxy) is 1. The smallest absolute Gasteiger partial charge is 0.0851 e. The van der Waals surface area contributed by atoms with Gasteiger partial charge in [0.15, 0.2) is 0 Å². The number of hydrogen-bond donors (Lipinski definition) is 1. The van der Waals surface area contributed by atoms with Crippen LogP contribution in [0.4, 0.5) is 0 Å². The summed E-state index contributed by atoms with van der Waals surface area (Å²) < 4.78 is 5.49. The fourth-order valence-corrected chi connectivity index (χ4v) is 2.57. The van der Waals surface area contributed by atoms with E-state index in [0.29, 0.717) is 29.1 Å². The highest BCUT2D eigenvalue weighted by Gasteiger charge is 2.19. The summed E-state index contributed by atoms with van der Waals surface area (Å²) in [4.78, 5) is 0. The van der Waals surface area contributed by atoms with E-state index in [1.54, 1.807) is 0 Å². The molecule has 0 saturated carbocycles. The zero-order valence-electron chi connectivity index (χ0n) is 9.83. The molecule has 1 N–H and O–H groups in total. The predicted molar refractivity (Wildman–Crippen MR) is 75.3 cm³/mol. The van der Waals surface area contributed by atoms with Gasteiger partial charge in [-0.25, -0.2) is 5.01 Å². The molecule has 1 aromatic rings. The Kier molecular flexibility index (Phi) is 5.55. The lowest BCUT2D eigenvalue weighted by Crippen LogP contribution is -2.49. The van der Waals surface area contributed by atoms with Crippen molar-refractivity contribution in [2.75, 3.05) is 25.6 Å². The van der Waals surface area contributed by atoms with E-state index in [2.05, 4.69) is 10.4 Å². The van der Waals surface area contributed by atoms with Crippen LogP contribution in [0.15, 0.2) is 18.2 Å². The Morgan fingerprint density at radius 2 is 2.06 bits per heavy atom. The molecular weight excluding hydrogens is 295 g/mol. The van der Waals surface area contributed by atoms with Crippen molar-refractivity contribution in [2.24, 2.45) is 0 Å². The summed E-state index contributed by atoms with van der Waals surface area (Å²) in [6.07, 6.45) is 0.0784. The van der Waals surface area contributed by atoms with Crippen molar-refractivity contribution in [3.63, 3.8) is 0 Å². The highest BCUT2D eigenvalue weighted by Crippen LogP contribution is 2.24. The minimum absolute atomic E-state index is 0.0784. The van der Waals surface area contributed by atoms with Gasteiger partial charge in [0.05, 0.1) is 12.7 Å². The van der Waals surface area contributed by atoms with E-state index in [0.717, 1.165) is 18.7 Å². The van der Waals surface area contributed by atoms with Crippen LogP contribution in [0.5, 0.6) is 0 Å². The number of hydrazine groups is 1. The number of morpholine rings is 1. The standard InChI is InChI=1S/C12H15Cl3N2O/c13-6-9-8-17(4-5-18-9)16-7-10-11(14)2-1-3-12(10)15/h1-3,9,16H,4-8H2/t9-/m0/s1. The first-order chi connectivity index (χ1) is 8.70. The van der Waals surface area contributed by atoms with Gasteiger partial charge in [-0.1, -0.05) is 29.3 Å². The van der Waals surface area contributed by atoms with Gasteiger partial charge in [0.25, 0.3) is 0 Å². The molecule has 1 atom stereocenters. The minimum Gasteiger partial charge on any atom is -0.374 e. The van der Waals surface area contributed by atoms with E-state index in [-0.39, 0.29) is 6.10 Å². The molecule has 0 aromatic heterocycles. The number of hydrogen-bond acceptors (Lipinski definition) is 3. The van der Waals surface area contributed by atoms with Crippen molar-refractivity contribution < 1.29 is 4.74 Å². The Bertz CT molecular complexity index is 383. The van der Waals surface area contributed by atoms with Crippen LogP contribution in [-0.4, -0.2) is 36.7 Å². The molecule has 1 aliphatic rings. The number of benzene rings is 1. The van der Waals surface area contributed by atoms with E-state index in [1.165, 1.54) is 0 Å². The van der Waals surface area contributed by atoms with E-state index in [9.17, 15) is 0 Å². The molecule has 1 heterocycles. The third-order valence-corrected chi connectivity index (χ3v) is 3.90. The van der Waals surface area contributed by atoms with Gasteiger partial charge < -0.3 is 4.74 Å². The molecule has 0 spiro atoms. The lowest BCUT2D eigenvalue weighted by atomic mass is 10.2. The first-order valence-corrected chi connectivity index (χ1v) is 7.08. The Hall–Kier alpha value is -0.0300. The van der Waals surface area contributed by atoms with Crippen LogP contribution in [-0.2, 0) is 11.3 Å². The zero-order valence-corrected chi connectivity index (χ0v) is 12.1. The molecule has 1 aliphatic heterocycles. The van der Waals surface area contributed by atoms with Crippen molar-refractivity contribution >= 4 is 34.8 Å². The molecule has 1 aromatic carbocycles. The summed E-state index contributed by atoms with van der Waals surface area (Å²) in [5.41, 5.74) is 4.22. The fourth-order valence-electron chi connectivity index (χ4n) is 1.85. The number of rotatable bonds is 4. The zero-order chi connectivity index (χ0) is 13.0. The molecule has 3 nitrogen and oxygen atoms in total.